The highest BCUT2D eigenvalue weighted by Crippen LogP contribution is 2.24. The fourth-order valence-corrected chi connectivity index (χ4v) is 4.75. The van der Waals surface area contributed by atoms with E-state index in [1.54, 1.807) is 24.1 Å². The van der Waals surface area contributed by atoms with Crippen LogP contribution in [0, 0.1) is 0 Å². The maximum absolute atomic E-state index is 13.1. The van der Waals surface area contributed by atoms with Crippen molar-refractivity contribution in [2.24, 2.45) is 0 Å². The predicted molar refractivity (Wildman–Crippen MR) is 122 cm³/mol. The number of nitrogens with zero attached hydrogens (tertiary/aromatic N) is 5. The molecule has 2 aromatic carbocycles. The average molecular weight is 446 g/mol. The Morgan fingerprint density at radius 1 is 1.06 bits per heavy atom. The van der Waals surface area contributed by atoms with Gasteiger partial charge in [0.1, 0.15) is 5.75 Å². The normalized spacial score (nSPS) is 17.7. The van der Waals surface area contributed by atoms with E-state index in [1.165, 1.54) is 11.1 Å². The Balaban J connectivity index is 1.25. The SMILES string of the molecule is COc1cccc(C(=O)N2CCCC2Cn2cc(C(=O)N3CCc4ccccc4C3)nn2)c1. The molecule has 170 valence electrons. The highest BCUT2D eigenvalue weighted by atomic mass is 16.5. The first-order valence-electron chi connectivity index (χ1n) is 11.3. The fraction of sp³-hybridized carbons (Fsp3) is 0.360. The topological polar surface area (TPSA) is 80.6 Å². The Bertz CT molecular complexity index is 1170. The van der Waals surface area contributed by atoms with Crippen molar-refractivity contribution in [2.75, 3.05) is 20.2 Å². The van der Waals surface area contributed by atoms with Crippen LogP contribution in [-0.2, 0) is 19.5 Å². The number of likely N-dealkylation sites (tertiary alicyclic amines) is 1. The molecule has 33 heavy (non-hydrogen) atoms. The number of fused-ring (bicyclic) bond motifs is 1. The van der Waals surface area contributed by atoms with Crippen LogP contribution in [-0.4, -0.2) is 62.8 Å². The van der Waals surface area contributed by atoms with Crippen LogP contribution in [0.25, 0.3) is 0 Å². The molecule has 2 aliphatic rings. The minimum Gasteiger partial charge on any atom is -0.497 e. The van der Waals surface area contributed by atoms with Gasteiger partial charge in [-0.1, -0.05) is 35.5 Å². The largest absolute Gasteiger partial charge is 0.497 e. The van der Waals surface area contributed by atoms with Crippen LogP contribution in [0.5, 0.6) is 5.75 Å². The minimum absolute atomic E-state index is 0.00946. The van der Waals surface area contributed by atoms with E-state index in [1.807, 2.05) is 40.1 Å². The highest BCUT2D eigenvalue weighted by Gasteiger charge is 2.31. The molecule has 1 aromatic heterocycles. The van der Waals surface area contributed by atoms with Crippen LogP contribution in [0.4, 0.5) is 0 Å². The number of aromatic nitrogens is 3. The van der Waals surface area contributed by atoms with E-state index in [-0.39, 0.29) is 17.9 Å². The zero-order chi connectivity index (χ0) is 22.8. The molecular weight excluding hydrogens is 418 g/mol. The third-order valence-electron chi connectivity index (χ3n) is 6.53. The van der Waals surface area contributed by atoms with Gasteiger partial charge >= 0.3 is 0 Å². The summed E-state index contributed by atoms with van der Waals surface area (Å²) >= 11 is 0. The number of methoxy groups -OCH3 is 1. The molecule has 0 bridgehead atoms. The van der Waals surface area contributed by atoms with Crippen molar-refractivity contribution in [1.29, 1.82) is 0 Å². The first kappa shape index (κ1) is 21.2. The third-order valence-corrected chi connectivity index (χ3v) is 6.53. The van der Waals surface area contributed by atoms with E-state index in [4.69, 9.17) is 4.74 Å². The molecule has 1 unspecified atom stereocenters. The summed E-state index contributed by atoms with van der Waals surface area (Å²) < 4.78 is 6.94. The van der Waals surface area contributed by atoms with Crippen molar-refractivity contribution in [3.05, 3.63) is 77.1 Å². The smallest absolute Gasteiger partial charge is 0.276 e. The van der Waals surface area contributed by atoms with Gasteiger partial charge in [-0.05, 0) is 48.6 Å². The van der Waals surface area contributed by atoms with Gasteiger partial charge in [0.2, 0.25) is 0 Å². The zero-order valence-corrected chi connectivity index (χ0v) is 18.7. The summed E-state index contributed by atoms with van der Waals surface area (Å²) in [6.45, 7) is 2.48. The average Bonchev–Trinajstić information content (AvgIpc) is 3.53. The van der Waals surface area contributed by atoms with Gasteiger partial charge in [-0.15, -0.1) is 5.10 Å². The lowest BCUT2D eigenvalue weighted by atomic mass is 10.00. The Morgan fingerprint density at radius 3 is 2.76 bits per heavy atom. The Hall–Kier alpha value is -3.68. The molecule has 8 nitrogen and oxygen atoms in total. The molecule has 1 atom stereocenters. The Kier molecular flexibility index (Phi) is 5.81. The Labute approximate surface area is 192 Å². The minimum atomic E-state index is -0.105. The van der Waals surface area contributed by atoms with Crippen LogP contribution >= 0.6 is 0 Å². The molecular formula is C25H27N5O3. The summed E-state index contributed by atoms with van der Waals surface area (Å²) in [5, 5.41) is 8.34. The first-order valence-corrected chi connectivity index (χ1v) is 11.3. The van der Waals surface area contributed by atoms with Gasteiger partial charge in [0.25, 0.3) is 11.8 Å². The monoisotopic (exact) mass is 445 g/mol. The lowest BCUT2D eigenvalue weighted by molar-refractivity contribution is 0.0714. The van der Waals surface area contributed by atoms with Crippen molar-refractivity contribution < 1.29 is 14.3 Å². The van der Waals surface area contributed by atoms with Gasteiger partial charge in [-0.25, -0.2) is 4.68 Å². The van der Waals surface area contributed by atoms with Crippen LogP contribution < -0.4 is 4.74 Å². The van der Waals surface area contributed by atoms with E-state index in [9.17, 15) is 9.59 Å². The maximum Gasteiger partial charge on any atom is 0.276 e. The lowest BCUT2D eigenvalue weighted by Crippen LogP contribution is -2.38. The van der Waals surface area contributed by atoms with Crippen molar-refractivity contribution in [1.82, 2.24) is 24.8 Å². The number of amides is 2. The summed E-state index contributed by atoms with van der Waals surface area (Å²) in [5.41, 5.74) is 3.44. The van der Waals surface area contributed by atoms with Gasteiger partial charge in [-0.3, -0.25) is 9.59 Å². The summed E-state index contributed by atoms with van der Waals surface area (Å²) in [7, 11) is 1.59. The van der Waals surface area contributed by atoms with Gasteiger partial charge < -0.3 is 14.5 Å². The van der Waals surface area contributed by atoms with Gasteiger partial charge in [0.15, 0.2) is 5.69 Å². The molecule has 8 heteroatoms. The first-order chi connectivity index (χ1) is 16.1. The second kappa shape index (κ2) is 9.05. The summed E-state index contributed by atoms with van der Waals surface area (Å²) in [4.78, 5) is 29.8. The molecule has 1 fully saturated rings. The molecule has 0 saturated carbocycles. The summed E-state index contributed by atoms with van der Waals surface area (Å²) in [5.74, 6) is 0.544. The van der Waals surface area contributed by atoms with Crippen LogP contribution in [0.3, 0.4) is 0 Å². The molecule has 0 radical (unpaired) electrons. The number of benzene rings is 2. The molecule has 5 rings (SSSR count). The van der Waals surface area contributed by atoms with E-state index >= 15 is 0 Å². The molecule has 3 aromatic rings. The van der Waals surface area contributed by atoms with Gasteiger partial charge in [0, 0.05) is 25.2 Å². The molecule has 0 spiro atoms. The number of rotatable bonds is 5. The summed E-state index contributed by atoms with van der Waals surface area (Å²) in [6, 6.07) is 15.5. The van der Waals surface area contributed by atoms with Crippen molar-refractivity contribution in [3.8, 4) is 5.75 Å². The van der Waals surface area contributed by atoms with Crippen LogP contribution in [0.15, 0.2) is 54.7 Å². The fourth-order valence-electron chi connectivity index (χ4n) is 4.75. The lowest BCUT2D eigenvalue weighted by Gasteiger charge is -2.28. The quantitative estimate of drug-likeness (QED) is 0.603. The maximum atomic E-state index is 13.1. The van der Waals surface area contributed by atoms with Gasteiger partial charge in [-0.2, -0.15) is 0 Å². The molecule has 2 amide bonds. The molecule has 0 N–H and O–H groups in total. The van der Waals surface area contributed by atoms with E-state index in [0.29, 0.717) is 43.2 Å². The standard InChI is InChI=1S/C25H27N5O3/c1-33-22-10-4-8-19(14-22)24(31)30-12-5-9-21(30)16-29-17-23(26-27-29)25(32)28-13-11-18-6-2-3-7-20(18)15-28/h2-4,6-8,10,14,17,21H,5,9,11-13,15-16H2,1H3. The number of ether oxygens (including phenoxy) is 1. The number of carbonyl (C=O) groups excluding carboxylic acids is 2. The van der Waals surface area contributed by atoms with Crippen molar-refractivity contribution >= 4 is 11.8 Å². The molecule has 1 saturated heterocycles. The Morgan fingerprint density at radius 2 is 1.91 bits per heavy atom. The predicted octanol–water partition coefficient (Wildman–Crippen LogP) is 2.79. The van der Waals surface area contributed by atoms with E-state index < -0.39 is 0 Å². The number of carbonyl (C=O) groups is 2. The number of hydrogen-bond donors (Lipinski definition) is 0. The zero-order valence-electron chi connectivity index (χ0n) is 18.7. The second-order valence-electron chi connectivity index (χ2n) is 8.60. The highest BCUT2D eigenvalue weighted by molar-refractivity contribution is 5.95. The van der Waals surface area contributed by atoms with Gasteiger partial charge in [0.05, 0.1) is 25.9 Å². The van der Waals surface area contributed by atoms with E-state index in [2.05, 4.69) is 22.4 Å². The van der Waals surface area contributed by atoms with E-state index in [0.717, 1.165) is 19.3 Å². The van der Waals surface area contributed by atoms with Crippen molar-refractivity contribution in [3.63, 3.8) is 0 Å². The summed E-state index contributed by atoms with van der Waals surface area (Å²) in [6.07, 6.45) is 4.38. The third kappa shape index (κ3) is 4.33. The molecule has 3 heterocycles. The van der Waals surface area contributed by atoms with Crippen molar-refractivity contribution in [2.45, 2.75) is 38.4 Å². The number of hydrogen-bond acceptors (Lipinski definition) is 5. The molecule has 0 aliphatic carbocycles. The van der Waals surface area contributed by atoms with Crippen LogP contribution in [0.2, 0.25) is 0 Å². The second-order valence-corrected chi connectivity index (χ2v) is 8.60. The van der Waals surface area contributed by atoms with Crippen LogP contribution in [0.1, 0.15) is 44.8 Å². The molecule has 2 aliphatic heterocycles.